The average Bonchev–Trinajstić information content (AvgIpc) is 2.81. The van der Waals surface area contributed by atoms with Gasteiger partial charge in [0, 0.05) is 29.8 Å². The fraction of sp³-hybridized carbons (Fsp3) is 0.520. The van der Waals surface area contributed by atoms with E-state index in [0.717, 1.165) is 44.2 Å². The highest BCUT2D eigenvalue weighted by Crippen LogP contribution is 2.44. The Balaban J connectivity index is 1.90. The molecular weight excluding hydrogens is 498 g/mol. The van der Waals surface area contributed by atoms with E-state index in [1.807, 2.05) is 0 Å². The number of aliphatic hydroxyl groups is 1. The fourth-order valence-corrected chi connectivity index (χ4v) is 4.18. The summed E-state index contributed by atoms with van der Waals surface area (Å²) < 4.78 is 111. The van der Waals surface area contributed by atoms with Crippen LogP contribution < -0.4 is 10.1 Å². The normalized spacial score (nSPS) is 16.6. The molecule has 1 saturated carbocycles. The van der Waals surface area contributed by atoms with Crippen molar-refractivity contribution in [1.29, 1.82) is 0 Å². The lowest BCUT2D eigenvalue weighted by atomic mass is 9.90. The first-order valence-electron chi connectivity index (χ1n) is 11.6. The predicted octanol–water partition coefficient (Wildman–Crippen LogP) is 7.23. The van der Waals surface area contributed by atoms with E-state index >= 15 is 0 Å². The average molecular weight is 525 g/mol. The monoisotopic (exact) mass is 525 g/mol. The molecule has 0 bridgehead atoms. The van der Waals surface area contributed by atoms with Crippen molar-refractivity contribution in [1.82, 2.24) is 0 Å². The molecule has 36 heavy (non-hydrogen) atoms. The summed E-state index contributed by atoms with van der Waals surface area (Å²) in [4.78, 5) is 0. The standard InChI is InChI=1S/C25H27F8NO2/c26-23(27,25(31,32)33)18-9-4-8-17(12-18)13-19-20(34-14-22(35)24(28,29)30)10-5-11-21(19)36-15-16-6-2-1-3-7-16/h4-5,8-12,16,22,34-35H,1-3,6-7,13-15H2/t22-/m1/s1. The number of nitrogens with one attached hydrogen (secondary N) is 1. The minimum absolute atomic E-state index is 0.0876. The van der Waals surface area contributed by atoms with Gasteiger partial charge in [0.05, 0.1) is 6.61 Å². The van der Waals surface area contributed by atoms with Gasteiger partial charge in [-0.25, -0.2) is 0 Å². The fourth-order valence-electron chi connectivity index (χ4n) is 4.18. The molecule has 1 fully saturated rings. The Labute approximate surface area is 203 Å². The lowest BCUT2D eigenvalue weighted by Gasteiger charge is -2.24. The first-order chi connectivity index (χ1) is 16.8. The van der Waals surface area contributed by atoms with Gasteiger partial charge in [-0.15, -0.1) is 0 Å². The maximum Gasteiger partial charge on any atom is 0.458 e. The van der Waals surface area contributed by atoms with Crippen LogP contribution in [0.15, 0.2) is 42.5 Å². The Bertz CT molecular complexity index is 1000. The van der Waals surface area contributed by atoms with E-state index in [2.05, 4.69) is 5.32 Å². The van der Waals surface area contributed by atoms with Crippen LogP contribution in [-0.2, 0) is 12.3 Å². The van der Waals surface area contributed by atoms with Gasteiger partial charge in [-0.2, -0.15) is 35.1 Å². The second-order valence-corrected chi connectivity index (χ2v) is 8.98. The Morgan fingerprint density at radius 1 is 0.917 bits per heavy atom. The summed E-state index contributed by atoms with van der Waals surface area (Å²) >= 11 is 0. The number of anilines is 1. The first kappa shape index (κ1) is 28.0. The molecule has 0 saturated heterocycles. The molecule has 2 N–H and O–H groups in total. The largest absolute Gasteiger partial charge is 0.493 e. The van der Waals surface area contributed by atoms with Gasteiger partial charge in [0.15, 0.2) is 6.10 Å². The van der Waals surface area contributed by atoms with E-state index in [9.17, 15) is 40.2 Å². The van der Waals surface area contributed by atoms with E-state index in [4.69, 9.17) is 4.74 Å². The van der Waals surface area contributed by atoms with E-state index in [0.29, 0.717) is 12.7 Å². The van der Waals surface area contributed by atoms with E-state index in [1.165, 1.54) is 18.2 Å². The molecule has 3 rings (SSSR count). The van der Waals surface area contributed by atoms with Crippen molar-refractivity contribution in [2.75, 3.05) is 18.5 Å². The molecule has 0 unspecified atom stereocenters. The van der Waals surface area contributed by atoms with Crippen molar-refractivity contribution in [3.8, 4) is 5.75 Å². The lowest BCUT2D eigenvalue weighted by molar-refractivity contribution is -0.289. The number of aliphatic hydroxyl groups excluding tert-OH is 1. The molecule has 2 aromatic rings. The van der Waals surface area contributed by atoms with Crippen LogP contribution >= 0.6 is 0 Å². The molecule has 0 spiro atoms. The number of hydrogen-bond donors (Lipinski definition) is 2. The Hall–Kier alpha value is -2.56. The molecule has 2 aromatic carbocycles. The van der Waals surface area contributed by atoms with Crippen molar-refractivity contribution in [3.63, 3.8) is 0 Å². The molecule has 1 aliphatic carbocycles. The summed E-state index contributed by atoms with van der Waals surface area (Å²) in [5.41, 5.74) is -0.720. The van der Waals surface area contributed by atoms with Crippen LogP contribution in [0.3, 0.4) is 0 Å². The summed E-state index contributed by atoms with van der Waals surface area (Å²) in [5.74, 6) is -4.51. The molecule has 0 aromatic heterocycles. The minimum atomic E-state index is -5.78. The SMILES string of the molecule is O[C@H](CNc1cccc(OCC2CCCCC2)c1Cc1cccc(C(F)(F)C(F)(F)F)c1)C(F)(F)F. The van der Waals surface area contributed by atoms with Crippen molar-refractivity contribution in [2.45, 2.75) is 62.9 Å². The van der Waals surface area contributed by atoms with Gasteiger partial charge >= 0.3 is 18.3 Å². The second-order valence-electron chi connectivity index (χ2n) is 8.98. The zero-order valence-electron chi connectivity index (χ0n) is 19.2. The quantitative estimate of drug-likeness (QED) is 0.340. The maximum absolute atomic E-state index is 13.9. The van der Waals surface area contributed by atoms with Gasteiger partial charge in [-0.1, -0.05) is 43.5 Å². The first-order valence-corrected chi connectivity index (χ1v) is 11.6. The third kappa shape index (κ3) is 7.02. The number of alkyl halides is 8. The van der Waals surface area contributed by atoms with Crippen LogP contribution in [0.5, 0.6) is 5.75 Å². The van der Waals surface area contributed by atoms with Gasteiger partial charge in [-0.05, 0) is 42.5 Å². The Morgan fingerprint density at radius 2 is 1.58 bits per heavy atom. The Morgan fingerprint density at radius 3 is 2.22 bits per heavy atom. The van der Waals surface area contributed by atoms with Gasteiger partial charge in [-0.3, -0.25) is 0 Å². The Kier molecular flexibility index (Phi) is 8.74. The molecule has 1 atom stereocenters. The number of benzene rings is 2. The highest BCUT2D eigenvalue weighted by atomic mass is 19.4. The van der Waals surface area contributed by atoms with Crippen LogP contribution in [0.25, 0.3) is 0 Å². The summed E-state index contributed by atoms with van der Waals surface area (Å²) in [5, 5.41) is 11.9. The minimum Gasteiger partial charge on any atom is -0.493 e. The highest BCUT2D eigenvalue weighted by molar-refractivity contribution is 5.59. The molecule has 3 nitrogen and oxygen atoms in total. The molecule has 11 heteroatoms. The smallest absolute Gasteiger partial charge is 0.458 e. The number of hydrogen-bond acceptors (Lipinski definition) is 3. The van der Waals surface area contributed by atoms with E-state index in [1.54, 1.807) is 6.07 Å². The molecule has 0 radical (unpaired) electrons. The van der Waals surface area contributed by atoms with Crippen molar-refractivity contribution >= 4 is 5.69 Å². The van der Waals surface area contributed by atoms with Crippen LogP contribution in [0, 0.1) is 5.92 Å². The molecule has 1 aliphatic rings. The maximum atomic E-state index is 13.9. The zero-order valence-corrected chi connectivity index (χ0v) is 19.2. The lowest BCUT2D eigenvalue weighted by Crippen LogP contribution is -2.35. The second kappa shape index (κ2) is 11.2. The van der Waals surface area contributed by atoms with E-state index in [-0.39, 0.29) is 34.9 Å². The highest BCUT2D eigenvalue weighted by Gasteiger charge is 2.58. The van der Waals surface area contributed by atoms with Gasteiger partial charge in [0.2, 0.25) is 0 Å². The molecule has 0 heterocycles. The van der Waals surface area contributed by atoms with Crippen molar-refractivity contribution < 1.29 is 45.0 Å². The number of halogens is 8. The van der Waals surface area contributed by atoms with Crippen LogP contribution in [0.2, 0.25) is 0 Å². The van der Waals surface area contributed by atoms with E-state index < -0.39 is 36.5 Å². The third-order valence-corrected chi connectivity index (χ3v) is 6.22. The van der Waals surface area contributed by atoms with Crippen LogP contribution in [-0.4, -0.2) is 36.7 Å². The summed E-state index contributed by atoms with van der Waals surface area (Å²) in [7, 11) is 0. The summed E-state index contributed by atoms with van der Waals surface area (Å²) in [6.45, 7) is -0.539. The number of rotatable bonds is 9. The third-order valence-electron chi connectivity index (χ3n) is 6.22. The predicted molar refractivity (Wildman–Crippen MR) is 118 cm³/mol. The van der Waals surface area contributed by atoms with Crippen LogP contribution in [0.4, 0.5) is 40.8 Å². The molecule has 200 valence electrons. The van der Waals surface area contributed by atoms with Gasteiger partial charge in [0.25, 0.3) is 0 Å². The number of ether oxygens (including phenoxy) is 1. The van der Waals surface area contributed by atoms with Crippen molar-refractivity contribution in [2.24, 2.45) is 5.92 Å². The topological polar surface area (TPSA) is 41.5 Å². The summed E-state index contributed by atoms with van der Waals surface area (Å²) in [6, 6.07) is 8.33. The molecule has 0 amide bonds. The van der Waals surface area contributed by atoms with Crippen molar-refractivity contribution in [3.05, 3.63) is 59.2 Å². The van der Waals surface area contributed by atoms with Crippen LogP contribution in [0.1, 0.15) is 48.8 Å². The zero-order chi connectivity index (χ0) is 26.6. The summed E-state index contributed by atoms with van der Waals surface area (Å²) in [6.07, 6.45) is -8.34. The van der Waals surface area contributed by atoms with Gasteiger partial charge < -0.3 is 15.2 Å². The van der Waals surface area contributed by atoms with Gasteiger partial charge in [0.1, 0.15) is 5.75 Å². The molecule has 0 aliphatic heterocycles. The molecular formula is C25H27F8NO2.